The molecule has 0 bridgehead atoms. The van der Waals surface area contributed by atoms with E-state index in [1.54, 1.807) is 0 Å². The van der Waals surface area contributed by atoms with Crippen molar-refractivity contribution in [3.8, 4) is 0 Å². The van der Waals surface area contributed by atoms with Crippen molar-refractivity contribution in [1.82, 2.24) is 14.9 Å². The number of carbonyl (C=O) groups excluding carboxylic acids is 1. The molecular formula is C18H25N3O5S. The summed E-state index contributed by atoms with van der Waals surface area (Å²) in [6, 6.07) is 8.77. The number of aliphatic carboxylic acids is 1. The zero-order valence-electron chi connectivity index (χ0n) is 15.1. The number of carboxylic acids is 1. The molecule has 1 saturated heterocycles. The maximum absolute atomic E-state index is 12.3. The minimum Gasteiger partial charge on any atom is -0.481 e. The van der Waals surface area contributed by atoms with E-state index in [0.29, 0.717) is 13.0 Å². The van der Waals surface area contributed by atoms with Crippen LogP contribution in [0.1, 0.15) is 24.8 Å². The van der Waals surface area contributed by atoms with Crippen molar-refractivity contribution in [3.05, 3.63) is 35.9 Å². The van der Waals surface area contributed by atoms with Crippen molar-refractivity contribution in [1.29, 1.82) is 0 Å². The normalized spacial score (nSPS) is 24.6. The van der Waals surface area contributed by atoms with Gasteiger partial charge in [-0.15, -0.1) is 0 Å². The Hall–Kier alpha value is -2.13. The Morgan fingerprint density at radius 3 is 2.67 bits per heavy atom. The Balaban J connectivity index is 1.45. The number of nitrogens with zero attached hydrogens (tertiary/aromatic N) is 1. The third kappa shape index (κ3) is 4.41. The number of hydrogen-bond acceptors (Lipinski definition) is 4. The van der Waals surface area contributed by atoms with Crippen LogP contribution in [0.5, 0.6) is 0 Å². The monoisotopic (exact) mass is 395 g/mol. The summed E-state index contributed by atoms with van der Waals surface area (Å²) >= 11 is 0. The molecule has 2 fully saturated rings. The number of carboxylic acid groups (broad SMARTS) is 1. The highest BCUT2D eigenvalue weighted by Gasteiger charge is 2.55. The van der Waals surface area contributed by atoms with E-state index in [1.165, 1.54) is 4.90 Å². The highest BCUT2D eigenvalue weighted by atomic mass is 32.2. The van der Waals surface area contributed by atoms with Crippen LogP contribution in [-0.2, 0) is 21.4 Å². The van der Waals surface area contributed by atoms with Crippen LogP contribution in [0.2, 0.25) is 0 Å². The highest BCUT2D eigenvalue weighted by Crippen LogP contribution is 2.48. The largest absolute Gasteiger partial charge is 0.481 e. The molecule has 9 heteroatoms. The minimum atomic E-state index is -3.52. The van der Waals surface area contributed by atoms with Crippen molar-refractivity contribution < 1.29 is 23.1 Å². The fourth-order valence-corrected chi connectivity index (χ4v) is 4.96. The van der Waals surface area contributed by atoms with Gasteiger partial charge < -0.3 is 15.3 Å². The van der Waals surface area contributed by atoms with Crippen molar-refractivity contribution in [2.24, 2.45) is 11.3 Å². The summed E-state index contributed by atoms with van der Waals surface area (Å²) in [4.78, 5) is 25.5. The summed E-state index contributed by atoms with van der Waals surface area (Å²) in [6.45, 7) is 0.783. The Bertz CT molecular complexity index is 798. The van der Waals surface area contributed by atoms with Gasteiger partial charge >= 0.3 is 12.0 Å². The second-order valence-electron chi connectivity index (χ2n) is 7.29. The molecule has 3 N–H and O–H groups in total. The first-order valence-corrected chi connectivity index (χ1v) is 10.7. The number of nitrogens with one attached hydrogen (secondary N) is 2. The summed E-state index contributed by atoms with van der Waals surface area (Å²) in [7, 11) is -3.52. The van der Waals surface area contributed by atoms with Gasteiger partial charge in [-0.05, 0) is 24.3 Å². The minimum absolute atomic E-state index is 0.0166. The first-order valence-electron chi connectivity index (χ1n) is 9.10. The molecular weight excluding hydrogens is 370 g/mol. The van der Waals surface area contributed by atoms with Gasteiger partial charge in [-0.2, -0.15) is 0 Å². The molecule has 1 aliphatic heterocycles. The zero-order chi connectivity index (χ0) is 19.5. The lowest BCUT2D eigenvalue weighted by Crippen LogP contribution is -2.43. The van der Waals surface area contributed by atoms with Gasteiger partial charge in [-0.3, -0.25) is 4.79 Å². The third-order valence-corrected chi connectivity index (χ3v) is 6.90. The van der Waals surface area contributed by atoms with Crippen LogP contribution < -0.4 is 10.0 Å². The molecule has 8 nitrogen and oxygen atoms in total. The van der Waals surface area contributed by atoms with Gasteiger partial charge in [0.25, 0.3) is 0 Å². The smallest absolute Gasteiger partial charge is 0.317 e. The zero-order valence-corrected chi connectivity index (χ0v) is 15.9. The van der Waals surface area contributed by atoms with E-state index < -0.39 is 27.4 Å². The van der Waals surface area contributed by atoms with Crippen LogP contribution in [0, 0.1) is 11.3 Å². The molecule has 0 unspecified atom stereocenters. The molecule has 1 heterocycles. The maximum atomic E-state index is 12.3. The predicted octanol–water partition coefficient (Wildman–Crippen LogP) is 1.00. The molecule has 2 amide bonds. The standard InChI is InChI=1S/C18H25N3O5S/c22-16(23)18-8-4-7-15(18)12-21(13-18)17(24)19-9-10-27(25,26)20-11-14-5-2-1-3-6-14/h1-3,5-6,15,20H,4,7-13H2,(H,19,24)(H,22,23)/t15-,18+/m0/s1. The van der Waals surface area contributed by atoms with Crippen LogP contribution in [0.25, 0.3) is 0 Å². The lowest BCUT2D eigenvalue weighted by molar-refractivity contribution is -0.149. The summed E-state index contributed by atoms with van der Waals surface area (Å²) in [5.41, 5.74) is 0.0217. The average Bonchev–Trinajstić information content (AvgIpc) is 3.19. The second-order valence-corrected chi connectivity index (χ2v) is 9.21. The van der Waals surface area contributed by atoms with Crippen LogP contribution in [-0.4, -0.2) is 55.8 Å². The number of urea groups is 1. The molecule has 27 heavy (non-hydrogen) atoms. The van der Waals surface area contributed by atoms with Crippen molar-refractivity contribution in [2.75, 3.05) is 25.4 Å². The van der Waals surface area contributed by atoms with Gasteiger partial charge in [0, 0.05) is 26.2 Å². The Morgan fingerprint density at radius 1 is 1.26 bits per heavy atom. The number of carbonyl (C=O) groups is 2. The molecule has 0 aromatic heterocycles. The first kappa shape index (κ1) is 19.6. The van der Waals surface area contributed by atoms with Crippen molar-refractivity contribution in [3.63, 3.8) is 0 Å². The topological polar surface area (TPSA) is 116 Å². The molecule has 148 valence electrons. The second kappa shape index (κ2) is 7.85. The molecule has 1 aliphatic carbocycles. The van der Waals surface area contributed by atoms with Gasteiger partial charge in [0.2, 0.25) is 10.0 Å². The lowest BCUT2D eigenvalue weighted by atomic mass is 9.81. The number of likely N-dealkylation sites (tertiary alicyclic amines) is 1. The highest BCUT2D eigenvalue weighted by molar-refractivity contribution is 7.89. The SMILES string of the molecule is O=C(NCCS(=O)(=O)NCc1ccccc1)N1C[C@@H]2CCC[C@@]2(C(=O)O)C1. The van der Waals surface area contributed by atoms with Crippen LogP contribution in [0.15, 0.2) is 30.3 Å². The molecule has 3 rings (SSSR count). The molecule has 0 radical (unpaired) electrons. The van der Waals surface area contributed by atoms with E-state index in [1.807, 2.05) is 30.3 Å². The van der Waals surface area contributed by atoms with E-state index in [2.05, 4.69) is 10.0 Å². The van der Waals surface area contributed by atoms with Gasteiger partial charge in [-0.1, -0.05) is 36.8 Å². The number of hydrogen-bond donors (Lipinski definition) is 3. The molecule has 0 spiro atoms. The summed E-state index contributed by atoms with van der Waals surface area (Å²) in [5.74, 6) is -1.09. The number of rotatable bonds is 7. The number of amides is 2. The Labute approximate surface area is 159 Å². The summed E-state index contributed by atoms with van der Waals surface area (Å²) in [6.07, 6.45) is 2.28. The van der Waals surface area contributed by atoms with Gasteiger partial charge in [0.15, 0.2) is 0 Å². The lowest BCUT2D eigenvalue weighted by Gasteiger charge is -2.23. The van der Waals surface area contributed by atoms with E-state index >= 15 is 0 Å². The van der Waals surface area contributed by atoms with Crippen molar-refractivity contribution >= 4 is 22.0 Å². The maximum Gasteiger partial charge on any atom is 0.317 e. The molecule has 2 aliphatic rings. The summed E-state index contributed by atoms with van der Waals surface area (Å²) < 4.78 is 26.6. The van der Waals surface area contributed by atoms with E-state index in [9.17, 15) is 23.1 Å². The quantitative estimate of drug-likeness (QED) is 0.637. The number of benzene rings is 1. The first-order chi connectivity index (χ1) is 12.8. The third-order valence-electron chi connectivity index (χ3n) is 5.57. The fourth-order valence-electron chi connectivity index (χ4n) is 4.06. The number of sulfonamides is 1. The Morgan fingerprint density at radius 2 is 2.00 bits per heavy atom. The van der Waals surface area contributed by atoms with Crippen molar-refractivity contribution in [2.45, 2.75) is 25.8 Å². The predicted molar refractivity (Wildman–Crippen MR) is 99.5 cm³/mol. The summed E-state index contributed by atoms with van der Waals surface area (Å²) in [5, 5.41) is 12.2. The van der Waals surface area contributed by atoms with Gasteiger partial charge in [-0.25, -0.2) is 17.9 Å². The van der Waals surface area contributed by atoms with Crippen LogP contribution in [0.4, 0.5) is 4.79 Å². The molecule has 2 atom stereocenters. The van der Waals surface area contributed by atoms with Crippen LogP contribution in [0.3, 0.4) is 0 Å². The van der Waals surface area contributed by atoms with E-state index in [0.717, 1.165) is 18.4 Å². The molecule has 1 aromatic carbocycles. The molecule has 1 aromatic rings. The van der Waals surface area contributed by atoms with Crippen LogP contribution >= 0.6 is 0 Å². The van der Waals surface area contributed by atoms with E-state index in [-0.39, 0.29) is 31.3 Å². The number of fused-ring (bicyclic) bond motifs is 1. The van der Waals surface area contributed by atoms with Gasteiger partial charge in [0.1, 0.15) is 0 Å². The average molecular weight is 395 g/mol. The molecule has 1 saturated carbocycles. The van der Waals surface area contributed by atoms with Gasteiger partial charge in [0.05, 0.1) is 11.2 Å². The van der Waals surface area contributed by atoms with E-state index in [4.69, 9.17) is 0 Å². The Kier molecular flexibility index (Phi) is 5.71. The fraction of sp³-hybridized carbons (Fsp3) is 0.556.